The second-order valence-corrected chi connectivity index (χ2v) is 5.51. The third-order valence-corrected chi connectivity index (χ3v) is 4.16. The lowest BCUT2D eigenvalue weighted by molar-refractivity contribution is 0.0918. The molecule has 2 rings (SSSR count). The lowest BCUT2D eigenvalue weighted by Crippen LogP contribution is -2.34. The lowest BCUT2D eigenvalue weighted by atomic mass is 9.94. The largest absolute Gasteiger partial charge is 0.378 e. The van der Waals surface area contributed by atoms with Crippen LogP contribution in [0.5, 0.6) is 0 Å². The van der Waals surface area contributed by atoms with Crippen LogP contribution in [0.25, 0.3) is 0 Å². The highest BCUT2D eigenvalue weighted by molar-refractivity contribution is 4.79. The third-order valence-electron chi connectivity index (χ3n) is 4.16. The number of nitrogens with one attached hydrogen (secondary N) is 1. The minimum Gasteiger partial charge on any atom is -0.378 e. The summed E-state index contributed by atoms with van der Waals surface area (Å²) in [4.78, 5) is 0. The van der Waals surface area contributed by atoms with Crippen molar-refractivity contribution in [1.82, 2.24) is 5.32 Å². The van der Waals surface area contributed by atoms with Gasteiger partial charge in [-0.05, 0) is 38.1 Å². The third kappa shape index (κ3) is 3.74. The maximum Gasteiger partial charge on any atom is 0.0590 e. The van der Waals surface area contributed by atoms with Crippen LogP contribution in [0.1, 0.15) is 58.3 Å². The Labute approximate surface area is 100 Å². The molecule has 16 heavy (non-hydrogen) atoms. The van der Waals surface area contributed by atoms with Crippen LogP contribution in [-0.4, -0.2) is 25.3 Å². The molecule has 2 fully saturated rings. The first-order valence-corrected chi connectivity index (χ1v) is 7.23. The van der Waals surface area contributed by atoms with Crippen LogP contribution in [-0.2, 0) is 4.74 Å². The van der Waals surface area contributed by atoms with E-state index in [0.29, 0.717) is 12.1 Å². The Morgan fingerprint density at radius 2 is 1.94 bits per heavy atom. The summed E-state index contributed by atoms with van der Waals surface area (Å²) in [6.45, 7) is 4.31. The Bertz CT molecular complexity index is 165. The minimum absolute atomic E-state index is 0.547. The van der Waals surface area contributed by atoms with Crippen molar-refractivity contribution in [3.8, 4) is 0 Å². The molecule has 2 nitrogen and oxygen atoms in total. The van der Waals surface area contributed by atoms with Gasteiger partial charge in [-0.1, -0.05) is 32.6 Å². The molecular weight excluding hydrogens is 198 g/mol. The lowest BCUT2D eigenvalue weighted by Gasteiger charge is -2.24. The topological polar surface area (TPSA) is 21.3 Å². The van der Waals surface area contributed by atoms with Gasteiger partial charge in [0.05, 0.1) is 6.10 Å². The van der Waals surface area contributed by atoms with Crippen LogP contribution >= 0.6 is 0 Å². The predicted octanol–water partition coefficient (Wildman–Crippen LogP) is 3.11. The van der Waals surface area contributed by atoms with Gasteiger partial charge < -0.3 is 10.1 Å². The average Bonchev–Trinajstić information content (AvgIpc) is 2.91. The molecule has 0 aromatic carbocycles. The summed E-state index contributed by atoms with van der Waals surface area (Å²) in [5.74, 6) is 0.991. The summed E-state index contributed by atoms with van der Waals surface area (Å²) in [5.41, 5.74) is 0. The minimum atomic E-state index is 0.547. The van der Waals surface area contributed by atoms with Crippen molar-refractivity contribution in [1.29, 1.82) is 0 Å². The quantitative estimate of drug-likeness (QED) is 0.750. The Balaban J connectivity index is 1.73. The zero-order valence-electron chi connectivity index (χ0n) is 10.7. The van der Waals surface area contributed by atoms with Crippen LogP contribution < -0.4 is 5.32 Å². The van der Waals surface area contributed by atoms with Crippen LogP contribution in [0.3, 0.4) is 0 Å². The Morgan fingerprint density at radius 3 is 2.56 bits per heavy atom. The van der Waals surface area contributed by atoms with Gasteiger partial charge in [0.25, 0.3) is 0 Å². The molecule has 1 aliphatic carbocycles. The molecule has 94 valence electrons. The van der Waals surface area contributed by atoms with Crippen molar-refractivity contribution >= 4 is 0 Å². The van der Waals surface area contributed by atoms with E-state index in [4.69, 9.17) is 4.74 Å². The summed E-state index contributed by atoms with van der Waals surface area (Å²) >= 11 is 0. The molecule has 1 N–H and O–H groups in total. The van der Waals surface area contributed by atoms with Crippen LogP contribution in [0.15, 0.2) is 0 Å². The first-order valence-electron chi connectivity index (χ1n) is 7.23. The van der Waals surface area contributed by atoms with Gasteiger partial charge in [-0.25, -0.2) is 0 Å². The number of hydrogen-bond donors (Lipinski definition) is 1. The molecule has 0 radical (unpaired) electrons. The molecule has 1 saturated carbocycles. The van der Waals surface area contributed by atoms with E-state index in [1.54, 1.807) is 0 Å². The van der Waals surface area contributed by atoms with Crippen LogP contribution in [0.2, 0.25) is 0 Å². The maximum atomic E-state index is 5.75. The van der Waals surface area contributed by atoms with Crippen LogP contribution in [0, 0.1) is 5.92 Å². The molecule has 0 aromatic rings. The number of hydrogen-bond acceptors (Lipinski definition) is 2. The fourth-order valence-corrected chi connectivity index (χ4v) is 3.35. The van der Waals surface area contributed by atoms with E-state index in [1.165, 1.54) is 51.4 Å². The number of rotatable bonds is 6. The normalized spacial score (nSPS) is 28.7. The molecule has 1 saturated heterocycles. The van der Waals surface area contributed by atoms with E-state index in [-0.39, 0.29) is 0 Å². The molecule has 0 bridgehead atoms. The van der Waals surface area contributed by atoms with E-state index in [2.05, 4.69) is 12.2 Å². The Morgan fingerprint density at radius 1 is 1.12 bits per heavy atom. The average molecular weight is 225 g/mol. The van der Waals surface area contributed by atoms with Crippen molar-refractivity contribution in [2.24, 2.45) is 5.92 Å². The van der Waals surface area contributed by atoms with Gasteiger partial charge in [0, 0.05) is 12.6 Å². The highest BCUT2D eigenvalue weighted by atomic mass is 16.5. The summed E-state index contributed by atoms with van der Waals surface area (Å²) in [6, 6.07) is 0.705. The van der Waals surface area contributed by atoms with E-state index < -0.39 is 0 Å². The van der Waals surface area contributed by atoms with Gasteiger partial charge in [-0.15, -0.1) is 0 Å². The summed E-state index contributed by atoms with van der Waals surface area (Å²) in [6.07, 6.45) is 11.6. The van der Waals surface area contributed by atoms with Crippen LogP contribution in [0.4, 0.5) is 0 Å². The van der Waals surface area contributed by atoms with E-state index >= 15 is 0 Å². The van der Waals surface area contributed by atoms with Crippen molar-refractivity contribution in [3.63, 3.8) is 0 Å². The van der Waals surface area contributed by atoms with Gasteiger partial charge >= 0.3 is 0 Å². The summed E-state index contributed by atoms with van der Waals surface area (Å²) in [5, 5.41) is 3.66. The van der Waals surface area contributed by atoms with E-state index in [9.17, 15) is 0 Å². The van der Waals surface area contributed by atoms with Gasteiger partial charge in [-0.3, -0.25) is 0 Å². The molecule has 0 amide bonds. The zero-order chi connectivity index (χ0) is 11.2. The molecule has 2 aliphatic rings. The zero-order valence-corrected chi connectivity index (χ0v) is 10.7. The highest BCUT2D eigenvalue weighted by Gasteiger charge is 2.24. The smallest absolute Gasteiger partial charge is 0.0590 e. The summed E-state index contributed by atoms with van der Waals surface area (Å²) in [7, 11) is 0. The van der Waals surface area contributed by atoms with Crippen molar-refractivity contribution < 1.29 is 4.74 Å². The van der Waals surface area contributed by atoms with Gasteiger partial charge in [0.1, 0.15) is 0 Å². The van der Waals surface area contributed by atoms with Gasteiger partial charge in [-0.2, -0.15) is 0 Å². The molecule has 1 heterocycles. The molecule has 0 spiro atoms. The SMILES string of the molecule is CCNC(CC1CCCC1)CC1CCCO1. The van der Waals surface area contributed by atoms with E-state index in [1.807, 2.05) is 0 Å². The molecule has 2 unspecified atom stereocenters. The summed E-state index contributed by atoms with van der Waals surface area (Å²) < 4.78 is 5.75. The Hall–Kier alpha value is -0.0800. The van der Waals surface area contributed by atoms with Gasteiger partial charge in [0.2, 0.25) is 0 Å². The molecule has 1 aliphatic heterocycles. The monoisotopic (exact) mass is 225 g/mol. The van der Waals surface area contributed by atoms with Crippen molar-refractivity contribution in [3.05, 3.63) is 0 Å². The molecule has 2 heteroatoms. The van der Waals surface area contributed by atoms with E-state index in [0.717, 1.165) is 19.1 Å². The highest BCUT2D eigenvalue weighted by Crippen LogP contribution is 2.30. The predicted molar refractivity (Wildman–Crippen MR) is 67.6 cm³/mol. The Kier molecular flexibility index (Phi) is 5.11. The maximum absolute atomic E-state index is 5.75. The fourth-order valence-electron chi connectivity index (χ4n) is 3.35. The fraction of sp³-hybridized carbons (Fsp3) is 1.00. The first kappa shape index (κ1) is 12.4. The molecular formula is C14H27NO. The standard InChI is InChI=1S/C14H27NO/c1-2-15-13(10-12-6-3-4-7-12)11-14-8-5-9-16-14/h12-15H,2-11H2,1H3. The van der Waals surface area contributed by atoms with Crippen molar-refractivity contribution in [2.45, 2.75) is 70.4 Å². The first-order chi connectivity index (χ1) is 7.88. The second-order valence-electron chi connectivity index (χ2n) is 5.51. The molecule has 0 aromatic heterocycles. The second kappa shape index (κ2) is 6.61. The number of ether oxygens (including phenoxy) is 1. The molecule has 2 atom stereocenters. The van der Waals surface area contributed by atoms with Crippen molar-refractivity contribution in [2.75, 3.05) is 13.2 Å². The van der Waals surface area contributed by atoms with Gasteiger partial charge in [0.15, 0.2) is 0 Å².